The van der Waals surface area contributed by atoms with Crippen molar-refractivity contribution in [3.8, 4) is 0 Å². The molecule has 18 heavy (non-hydrogen) atoms. The summed E-state index contributed by atoms with van der Waals surface area (Å²) in [5.74, 6) is 0.776. The van der Waals surface area contributed by atoms with Crippen molar-refractivity contribution >= 4 is 0 Å². The predicted octanol–water partition coefficient (Wildman–Crippen LogP) is 6.68. The van der Waals surface area contributed by atoms with Crippen LogP contribution < -0.4 is 0 Å². The molecule has 0 saturated carbocycles. The van der Waals surface area contributed by atoms with E-state index in [2.05, 4.69) is 45.9 Å². The Morgan fingerprint density at radius 3 is 2.17 bits per heavy atom. The molecule has 0 aromatic rings. The van der Waals surface area contributed by atoms with E-state index < -0.39 is 0 Å². The molecule has 0 bridgehead atoms. The van der Waals surface area contributed by atoms with E-state index >= 15 is 0 Å². The van der Waals surface area contributed by atoms with Gasteiger partial charge in [0.2, 0.25) is 0 Å². The first-order chi connectivity index (χ1) is 8.70. The molecule has 0 atom stereocenters. The minimum atomic E-state index is 0.776. The van der Waals surface area contributed by atoms with E-state index in [1.165, 1.54) is 57.8 Å². The minimum Gasteiger partial charge on any atom is -0.0843 e. The van der Waals surface area contributed by atoms with Gasteiger partial charge in [0.05, 0.1) is 0 Å². The Balaban J connectivity index is 4.02. The highest BCUT2D eigenvalue weighted by molar-refractivity contribution is 5.12. The second-order valence-corrected chi connectivity index (χ2v) is 5.80. The zero-order chi connectivity index (χ0) is 13.6. The van der Waals surface area contributed by atoms with Crippen LogP contribution in [0.2, 0.25) is 0 Å². The van der Waals surface area contributed by atoms with Crippen molar-refractivity contribution in [2.75, 3.05) is 0 Å². The standard InChI is InChI=1S/C18H34/c1-5-7-9-10-15-18(14-8-6-2)16-12-11-13-17(3)4/h11-12,16-17H,5-10,13-15H2,1-4H3. The maximum atomic E-state index is 2.38. The summed E-state index contributed by atoms with van der Waals surface area (Å²) in [5.41, 5.74) is 1.66. The van der Waals surface area contributed by atoms with Gasteiger partial charge < -0.3 is 0 Å². The Bertz CT molecular complexity index is 220. The van der Waals surface area contributed by atoms with Gasteiger partial charge >= 0.3 is 0 Å². The van der Waals surface area contributed by atoms with Crippen molar-refractivity contribution in [3.05, 3.63) is 23.8 Å². The number of allylic oxidation sites excluding steroid dienone is 4. The van der Waals surface area contributed by atoms with E-state index in [4.69, 9.17) is 0 Å². The third-order valence-corrected chi connectivity index (χ3v) is 3.28. The third-order valence-electron chi connectivity index (χ3n) is 3.28. The lowest BCUT2D eigenvalue weighted by molar-refractivity contribution is 0.645. The Hall–Kier alpha value is -0.520. The van der Waals surface area contributed by atoms with Crippen molar-refractivity contribution < 1.29 is 0 Å². The van der Waals surface area contributed by atoms with Gasteiger partial charge in [0.25, 0.3) is 0 Å². The molecule has 0 rings (SSSR count). The topological polar surface area (TPSA) is 0 Å². The van der Waals surface area contributed by atoms with E-state index in [1.54, 1.807) is 5.57 Å². The molecule has 0 amide bonds. The fraction of sp³-hybridized carbons (Fsp3) is 0.778. The van der Waals surface area contributed by atoms with Gasteiger partial charge in [0, 0.05) is 0 Å². The molecule has 0 N–H and O–H groups in total. The molecule has 0 saturated heterocycles. The van der Waals surface area contributed by atoms with Crippen LogP contribution in [0, 0.1) is 5.92 Å². The first kappa shape index (κ1) is 17.5. The summed E-state index contributed by atoms with van der Waals surface area (Å²) in [4.78, 5) is 0. The molecule has 0 aromatic heterocycles. The van der Waals surface area contributed by atoms with E-state index in [9.17, 15) is 0 Å². The normalized spacial score (nSPS) is 12.8. The van der Waals surface area contributed by atoms with Gasteiger partial charge in [-0.05, 0) is 38.0 Å². The van der Waals surface area contributed by atoms with E-state index in [-0.39, 0.29) is 0 Å². The van der Waals surface area contributed by atoms with Crippen LogP contribution in [-0.2, 0) is 0 Å². The first-order valence-corrected chi connectivity index (χ1v) is 8.05. The van der Waals surface area contributed by atoms with Crippen LogP contribution in [0.4, 0.5) is 0 Å². The summed E-state index contributed by atoms with van der Waals surface area (Å²) in [6.45, 7) is 9.11. The molecule has 0 aromatic carbocycles. The van der Waals surface area contributed by atoms with Crippen LogP contribution in [0.1, 0.15) is 85.5 Å². The summed E-state index contributed by atoms with van der Waals surface area (Å²) in [6, 6.07) is 0. The van der Waals surface area contributed by atoms with Crippen LogP contribution >= 0.6 is 0 Å². The van der Waals surface area contributed by atoms with Crippen molar-refractivity contribution in [2.45, 2.75) is 85.5 Å². The lowest BCUT2D eigenvalue weighted by atomic mass is 10.0. The van der Waals surface area contributed by atoms with E-state index in [0.717, 1.165) is 5.92 Å². The molecular formula is C18H34. The summed E-state index contributed by atoms with van der Waals surface area (Å²) < 4.78 is 0. The zero-order valence-electron chi connectivity index (χ0n) is 13.2. The maximum Gasteiger partial charge on any atom is -0.0317 e. The Morgan fingerprint density at radius 1 is 0.889 bits per heavy atom. The van der Waals surface area contributed by atoms with Crippen LogP contribution in [-0.4, -0.2) is 0 Å². The highest BCUT2D eigenvalue weighted by atomic mass is 14.0. The van der Waals surface area contributed by atoms with Crippen molar-refractivity contribution in [3.63, 3.8) is 0 Å². The highest BCUT2D eigenvalue weighted by Gasteiger charge is 1.97. The van der Waals surface area contributed by atoms with Gasteiger partial charge in [-0.15, -0.1) is 0 Å². The lowest BCUT2D eigenvalue weighted by Crippen LogP contribution is -1.86. The van der Waals surface area contributed by atoms with E-state index in [1.807, 2.05) is 0 Å². The molecular weight excluding hydrogens is 216 g/mol. The molecule has 0 aliphatic carbocycles. The average molecular weight is 250 g/mol. The Labute approximate surface area is 116 Å². The first-order valence-electron chi connectivity index (χ1n) is 8.05. The fourth-order valence-corrected chi connectivity index (χ4v) is 2.03. The van der Waals surface area contributed by atoms with Crippen molar-refractivity contribution in [1.82, 2.24) is 0 Å². The SMILES string of the molecule is CCCCCCC(=CC=CCC(C)C)CCCC. The average Bonchev–Trinajstić information content (AvgIpc) is 2.35. The van der Waals surface area contributed by atoms with Crippen LogP contribution in [0.15, 0.2) is 23.8 Å². The molecule has 0 fully saturated rings. The molecule has 106 valence electrons. The van der Waals surface area contributed by atoms with Crippen LogP contribution in [0.25, 0.3) is 0 Å². The van der Waals surface area contributed by atoms with Crippen molar-refractivity contribution in [2.24, 2.45) is 5.92 Å². The van der Waals surface area contributed by atoms with Gasteiger partial charge in [0.1, 0.15) is 0 Å². The molecule has 0 unspecified atom stereocenters. The van der Waals surface area contributed by atoms with Gasteiger partial charge in [0.15, 0.2) is 0 Å². The van der Waals surface area contributed by atoms with Gasteiger partial charge in [-0.25, -0.2) is 0 Å². The zero-order valence-corrected chi connectivity index (χ0v) is 13.2. The van der Waals surface area contributed by atoms with Gasteiger partial charge in [-0.2, -0.15) is 0 Å². The van der Waals surface area contributed by atoms with E-state index in [0.29, 0.717) is 0 Å². The number of hydrogen-bond donors (Lipinski definition) is 0. The molecule has 0 spiro atoms. The molecule has 0 aliphatic heterocycles. The quantitative estimate of drug-likeness (QED) is 0.283. The largest absolute Gasteiger partial charge is 0.0843 e. The Morgan fingerprint density at radius 2 is 1.56 bits per heavy atom. The monoisotopic (exact) mass is 250 g/mol. The fourth-order valence-electron chi connectivity index (χ4n) is 2.03. The second kappa shape index (κ2) is 12.9. The van der Waals surface area contributed by atoms with Gasteiger partial charge in [-0.1, -0.05) is 77.2 Å². The molecule has 0 heterocycles. The third kappa shape index (κ3) is 12.0. The van der Waals surface area contributed by atoms with Crippen molar-refractivity contribution in [1.29, 1.82) is 0 Å². The Kier molecular flexibility index (Phi) is 12.6. The minimum absolute atomic E-state index is 0.776. The molecule has 0 radical (unpaired) electrons. The number of unbranched alkanes of at least 4 members (excludes halogenated alkanes) is 4. The molecule has 0 heteroatoms. The van der Waals surface area contributed by atoms with Crippen LogP contribution in [0.3, 0.4) is 0 Å². The molecule has 0 aliphatic rings. The number of hydrogen-bond acceptors (Lipinski definition) is 0. The maximum absolute atomic E-state index is 2.38. The summed E-state index contributed by atoms with van der Waals surface area (Å²) in [5, 5.41) is 0. The lowest BCUT2D eigenvalue weighted by Gasteiger charge is -2.06. The summed E-state index contributed by atoms with van der Waals surface area (Å²) in [7, 11) is 0. The second-order valence-electron chi connectivity index (χ2n) is 5.80. The smallest absolute Gasteiger partial charge is 0.0317 e. The summed E-state index contributed by atoms with van der Waals surface area (Å²) in [6.07, 6.45) is 19.0. The predicted molar refractivity (Wildman–Crippen MR) is 85.0 cm³/mol. The van der Waals surface area contributed by atoms with Gasteiger partial charge in [-0.3, -0.25) is 0 Å². The van der Waals surface area contributed by atoms with Crippen LogP contribution in [0.5, 0.6) is 0 Å². The highest BCUT2D eigenvalue weighted by Crippen LogP contribution is 2.16. The number of rotatable bonds is 11. The molecule has 0 nitrogen and oxygen atoms in total. The summed E-state index contributed by atoms with van der Waals surface area (Å²) >= 11 is 0.